The van der Waals surface area contributed by atoms with Crippen molar-refractivity contribution in [1.29, 1.82) is 5.26 Å². The highest BCUT2D eigenvalue weighted by molar-refractivity contribution is 5.95. The second-order valence-electron chi connectivity index (χ2n) is 3.76. The normalized spacial score (nSPS) is 10.3. The standard InChI is InChI=1S/C14H9N3/c15-8-11-9-17-14-12(6-7-16-14)13(11)10-4-2-1-3-5-10/h1-7,9H,(H,16,17). The zero-order valence-electron chi connectivity index (χ0n) is 9.01. The third kappa shape index (κ3) is 1.47. The van der Waals surface area contributed by atoms with E-state index in [4.69, 9.17) is 0 Å². The Hall–Kier alpha value is -2.60. The van der Waals surface area contributed by atoms with Crippen LogP contribution in [0.25, 0.3) is 22.2 Å². The van der Waals surface area contributed by atoms with Crippen LogP contribution in [0.5, 0.6) is 0 Å². The maximum Gasteiger partial charge on any atom is 0.137 e. The van der Waals surface area contributed by atoms with Crippen LogP contribution in [-0.4, -0.2) is 9.97 Å². The second kappa shape index (κ2) is 3.76. The predicted octanol–water partition coefficient (Wildman–Crippen LogP) is 3.10. The highest BCUT2D eigenvalue weighted by atomic mass is 14.8. The van der Waals surface area contributed by atoms with Crippen molar-refractivity contribution < 1.29 is 0 Å². The molecule has 0 atom stereocenters. The van der Waals surface area contributed by atoms with E-state index >= 15 is 0 Å². The van der Waals surface area contributed by atoms with E-state index in [0.29, 0.717) is 5.56 Å². The zero-order chi connectivity index (χ0) is 11.7. The lowest BCUT2D eigenvalue weighted by molar-refractivity contribution is 1.31. The summed E-state index contributed by atoms with van der Waals surface area (Å²) in [5.74, 6) is 0. The Bertz CT molecular complexity index is 705. The molecule has 3 nitrogen and oxygen atoms in total. The maximum atomic E-state index is 9.18. The first kappa shape index (κ1) is 9.61. The second-order valence-corrected chi connectivity index (χ2v) is 3.76. The van der Waals surface area contributed by atoms with Gasteiger partial charge in [-0.1, -0.05) is 30.3 Å². The van der Waals surface area contributed by atoms with E-state index in [9.17, 15) is 5.26 Å². The maximum absolute atomic E-state index is 9.18. The number of H-pyrrole nitrogens is 1. The van der Waals surface area contributed by atoms with Crippen molar-refractivity contribution in [1.82, 2.24) is 9.97 Å². The summed E-state index contributed by atoms with van der Waals surface area (Å²) >= 11 is 0. The Morgan fingerprint density at radius 2 is 1.94 bits per heavy atom. The molecule has 1 aromatic carbocycles. The van der Waals surface area contributed by atoms with Gasteiger partial charge in [-0.15, -0.1) is 0 Å². The molecule has 1 N–H and O–H groups in total. The van der Waals surface area contributed by atoms with Gasteiger partial charge in [0.15, 0.2) is 0 Å². The number of aromatic amines is 1. The summed E-state index contributed by atoms with van der Waals surface area (Å²) in [5, 5.41) is 10.2. The number of benzene rings is 1. The van der Waals surface area contributed by atoms with Crippen LogP contribution in [0, 0.1) is 11.3 Å². The number of pyridine rings is 1. The van der Waals surface area contributed by atoms with Gasteiger partial charge in [0.25, 0.3) is 0 Å². The number of nitrogens with zero attached hydrogens (tertiary/aromatic N) is 2. The predicted molar refractivity (Wildman–Crippen MR) is 66.2 cm³/mol. The lowest BCUT2D eigenvalue weighted by Crippen LogP contribution is -1.88. The van der Waals surface area contributed by atoms with Crippen molar-refractivity contribution in [3.8, 4) is 17.2 Å². The van der Waals surface area contributed by atoms with Crippen molar-refractivity contribution in [2.75, 3.05) is 0 Å². The summed E-state index contributed by atoms with van der Waals surface area (Å²) in [6.45, 7) is 0. The van der Waals surface area contributed by atoms with Crippen LogP contribution in [0.4, 0.5) is 0 Å². The van der Waals surface area contributed by atoms with Gasteiger partial charge in [0.1, 0.15) is 11.7 Å². The molecule has 0 unspecified atom stereocenters. The molecule has 0 fully saturated rings. The van der Waals surface area contributed by atoms with Crippen LogP contribution in [-0.2, 0) is 0 Å². The fourth-order valence-electron chi connectivity index (χ4n) is 2.01. The summed E-state index contributed by atoms with van der Waals surface area (Å²) in [6, 6.07) is 14.1. The average Bonchev–Trinajstić information content (AvgIpc) is 2.86. The Morgan fingerprint density at radius 3 is 2.71 bits per heavy atom. The van der Waals surface area contributed by atoms with Gasteiger partial charge in [0, 0.05) is 23.3 Å². The van der Waals surface area contributed by atoms with E-state index in [2.05, 4.69) is 16.0 Å². The molecule has 2 aromatic heterocycles. The first-order chi connectivity index (χ1) is 8.40. The average molecular weight is 219 g/mol. The lowest BCUT2D eigenvalue weighted by Gasteiger charge is -2.05. The quantitative estimate of drug-likeness (QED) is 0.683. The van der Waals surface area contributed by atoms with E-state index in [0.717, 1.165) is 22.2 Å². The number of nitrogens with one attached hydrogen (secondary N) is 1. The Kier molecular flexibility index (Phi) is 2.13. The van der Waals surface area contributed by atoms with E-state index < -0.39 is 0 Å². The molecule has 0 aliphatic heterocycles. The topological polar surface area (TPSA) is 52.5 Å². The Morgan fingerprint density at radius 1 is 1.12 bits per heavy atom. The number of rotatable bonds is 1. The van der Waals surface area contributed by atoms with Gasteiger partial charge in [-0.25, -0.2) is 4.98 Å². The Labute approximate surface area is 98.4 Å². The van der Waals surface area contributed by atoms with Gasteiger partial charge in [-0.2, -0.15) is 5.26 Å². The van der Waals surface area contributed by atoms with Gasteiger partial charge in [-0.3, -0.25) is 0 Å². The van der Waals surface area contributed by atoms with Crippen molar-refractivity contribution in [3.05, 3.63) is 54.4 Å². The zero-order valence-corrected chi connectivity index (χ0v) is 9.01. The van der Waals surface area contributed by atoms with Gasteiger partial charge in [0.05, 0.1) is 5.56 Å². The summed E-state index contributed by atoms with van der Waals surface area (Å²) < 4.78 is 0. The van der Waals surface area contributed by atoms with Crippen molar-refractivity contribution in [2.45, 2.75) is 0 Å². The molecule has 0 saturated heterocycles. The fourth-order valence-corrected chi connectivity index (χ4v) is 2.01. The monoisotopic (exact) mass is 219 g/mol. The molecule has 0 aliphatic carbocycles. The molecule has 3 heteroatoms. The summed E-state index contributed by atoms with van der Waals surface area (Å²) in [7, 11) is 0. The third-order valence-electron chi connectivity index (χ3n) is 2.77. The molecule has 0 bridgehead atoms. The van der Waals surface area contributed by atoms with E-state index in [1.807, 2.05) is 42.6 Å². The molecule has 3 rings (SSSR count). The first-order valence-corrected chi connectivity index (χ1v) is 5.32. The van der Waals surface area contributed by atoms with Crippen molar-refractivity contribution >= 4 is 11.0 Å². The number of hydrogen-bond acceptors (Lipinski definition) is 2. The molecule has 0 radical (unpaired) electrons. The highest BCUT2D eigenvalue weighted by Crippen LogP contribution is 2.29. The van der Waals surface area contributed by atoms with Crippen molar-refractivity contribution in [3.63, 3.8) is 0 Å². The van der Waals surface area contributed by atoms with Gasteiger partial charge >= 0.3 is 0 Å². The number of nitriles is 1. The minimum Gasteiger partial charge on any atom is -0.346 e. The summed E-state index contributed by atoms with van der Waals surface area (Å²) in [6.07, 6.45) is 3.45. The molecule has 0 aliphatic rings. The van der Waals surface area contributed by atoms with Gasteiger partial charge in [-0.05, 0) is 11.6 Å². The van der Waals surface area contributed by atoms with E-state index in [1.165, 1.54) is 0 Å². The molecule has 0 saturated carbocycles. The molecule has 2 heterocycles. The number of hydrogen-bond donors (Lipinski definition) is 1. The van der Waals surface area contributed by atoms with E-state index in [-0.39, 0.29) is 0 Å². The third-order valence-corrected chi connectivity index (χ3v) is 2.77. The first-order valence-electron chi connectivity index (χ1n) is 5.32. The molecular weight excluding hydrogens is 210 g/mol. The van der Waals surface area contributed by atoms with Crippen LogP contribution in [0.3, 0.4) is 0 Å². The summed E-state index contributed by atoms with van der Waals surface area (Å²) in [4.78, 5) is 7.28. The Balaban J connectivity index is 2.41. The van der Waals surface area contributed by atoms with Crippen LogP contribution >= 0.6 is 0 Å². The molecule has 0 amide bonds. The largest absolute Gasteiger partial charge is 0.346 e. The molecular formula is C14H9N3. The SMILES string of the molecule is N#Cc1cnc2[nH]ccc2c1-c1ccccc1. The fraction of sp³-hybridized carbons (Fsp3) is 0. The number of fused-ring (bicyclic) bond motifs is 1. The lowest BCUT2D eigenvalue weighted by atomic mass is 9.99. The highest BCUT2D eigenvalue weighted by Gasteiger charge is 2.10. The van der Waals surface area contributed by atoms with Gasteiger partial charge in [0.2, 0.25) is 0 Å². The summed E-state index contributed by atoms with van der Waals surface area (Å²) in [5.41, 5.74) is 3.39. The smallest absolute Gasteiger partial charge is 0.137 e. The molecule has 80 valence electrons. The minimum atomic E-state index is 0.600. The van der Waals surface area contributed by atoms with Crippen molar-refractivity contribution in [2.24, 2.45) is 0 Å². The molecule has 17 heavy (non-hydrogen) atoms. The van der Waals surface area contributed by atoms with E-state index in [1.54, 1.807) is 6.20 Å². The van der Waals surface area contributed by atoms with Crippen LogP contribution in [0.1, 0.15) is 5.56 Å². The molecule has 0 spiro atoms. The van der Waals surface area contributed by atoms with Crippen LogP contribution in [0.15, 0.2) is 48.8 Å². The van der Waals surface area contributed by atoms with Crippen LogP contribution in [0.2, 0.25) is 0 Å². The minimum absolute atomic E-state index is 0.600. The molecule has 3 aromatic rings. The van der Waals surface area contributed by atoms with Crippen LogP contribution < -0.4 is 0 Å². The number of aromatic nitrogens is 2. The van der Waals surface area contributed by atoms with Gasteiger partial charge < -0.3 is 4.98 Å².